The van der Waals surface area contributed by atoms with Crippen molar-refractivity contribution in [1.82, 2.24) is 15.2 Å². The minimum absolute atomic E-state index is 0.386. The first kappa shape index (κ1) is 16.1. The second-order valence-electron chi connectivity index (χ2n) is 4.75. The number of aryl methyl sites for hydroxylation is 1. The Morgan fingerprint density at radius 1 is 1.37 bits per heavy atom. The predicted octanol–water partition coefficient (Wildman–Crippen LogP) is 1.84. The van der Waals surface area contributed by atoms with Crippen LogP contribution in [0.5, 0.6) is 0 Å². The largest absolute Gasteiger partial charge is 0.383 e. The first-order chi connectivity index (χ1) is 9.21. The standard InChI is InChI=1S/C15H27N3O/c1-5-16-10-15(12-19-4)18(6-2)11-14-9-7-8-13(3)17-14/h7-9,15-16H,5-6,10-12H2,1-4H3. The predicted molar refractivity (Wildman–Crippen MR) is 79.3 cm³/mol. The summed E-state index contributed by atoms with van der Waals surface area (Å²) in [4.78, 5) is 6.99. The fraction of sp³-hybridized carbons (Fsp3) is 0.667. The quantitative estimate of drug-likeness (QED) is 0.739. The highest BCUT2D eigenvalue weighted by Gasteiger charge is 2.17. The minimum Gasteiger partial charge on any atom is -0.383 e. The van der Waals surface area contributed by atoms with E-state index in [0.717, 1.165) is 44.2 Å². The van der Waals surface area contributed by atoms with Gasteiger partial charge in [0.05, 0.1) is 12.3 Å². The van der Waals surface area contributed by atoms with E-state index >= 15 is 0 Å². The number of aromatic nitrogens is 1. The molecule has 0 saturated carbocycles. The second-order valence-corrected chi connectivity index (χ2v) is 4.75. The Kier molecular flexibility index (Phi) is 7.63. The van der Waals surface area contributed by atoms with Gasteiger partial charge in [0.1, 0.15) is 0 Å². The molecule has 0 aromatic carbocycles. The van der Waals surface area contributed by atoms with E-state index in [1.165, 1.54) is 0 Å². The highest BCUT2D eigenvalue weighted by atomic mass is 16.5. The van der Waals surface area contributed by atoms with E-state index in [0.29, 0.717) is 6.04 Å². The van der Waals surface area contributed by atoms with Crippen molar-refractivity contribution < 1.29 is 4.74 Å². The topological polar surface area (TPSA) is 37.4 Å². The summed E-state index contributed by atoms with van der Waals surface area (Å²) in [7, 11) is 1.76. The van der Waals surface area contributed by atoms with Crippen LogP contribution in [-0.4, -0.2) is 49.3 Å². The molecule has 0 saturated heterocycles. The lowest BCUT2D eigenvalue weighted by molar-refractivity contribution is 0.0873. The summed E-state index contributed by atoms with van der Waals surface area (Å²) in [5, 5.41) is 3.40. The molecule has 0 aliphatic rings. The molecule has 0 amide bonds. The summed E-state index contributed by atoms with van der Waals surface area (Å²) in [5.74, 6) is 0. The van der Waals surface area contributed by atoms with Crippen LogP contribution in [0.15, 0.2) is 18.2 Å². The maximum atomic E-state index is 5.34. The lowest BCUT2D eigenvalue weighted by Gasteiger charge is -2.30. The lowest BCUT2D eigenvalue weighted by atomic mass is 10.2. The Morgan fingerprint density at radius 2 is 2.16 bits per heavy atom. The highest BCUT2D eigenvalue weighted by Crippen LogP contribution is 2.07. The monoisotopic (exact) mass is 265 g/mol. The molecule has 0 fully saturated rings. The molecule has 0 radical (unpaired) electrons. The van der Waals surface area contributed by atoms with Gasteiger partial charge in [-0.1, -0.05) is 19.9 Å². The van der Waals surface area contributed by atoms with Crippen LogP contribution in [0.1, 0.15) is 25.2 Å². The summed E-state index contributed by atoms with van der Waals surface area (Å²) < 4.78 is 5.34. The van der Waals surface area contributed by atoms with Crippen molar-refractivity contribution >= 4 is 0 Å². The number of hydrogen-bond acceptors (Lipinski definition) is 4. The molecule has 108 valence electrons. The summed E-state index contributed by atoms with van der Waals surface area (Å²) in [5.41, 5.74) is 2.20. The van der Waals surface area contributed by atoms with Crippen molar-refractivity contribution in [2.45, 2.75) is 33.4 Å². The molecule has 1 aromatic heterocycles. The highest BCUT2D eigenvalue weighted by molar-refractivity contribution is 5.10. The first-order valence-electron chi connectivity index (χ1n) is 7.07. The molecule has 0 aliphatic carbocycles. The lowest BCUT2D eigenvalue weighted by Crippen LogP contribution is -2.44. The van der Waals surface area contributed by atoms with Crippen molar-refractivity contribution in [1.29, 1.82) is 0 Å². The molecular weight excluding hydrogens is 238 g/mol. The Balaban J connectivity index is 2.67. The van der Waals surface area contributed by atoms with Crippen LogP contribution >= 0.6 is 0 Å². The molecule has 0 bridgehead atoms. The van der Waals surface area contributed by atoms with Crippen LogP contribution in [0.4, 0.5) is 0 Å². The van der Waals surface area contributed by atoms with Crippen molar-refractivity contribution in [3.05, 3.63) is 29.6 Å². The molecule has 1 heterocycles. The number of pyridine rings is 1. The van der Waals surface area contributed by atoms with Gasteiger partial charge < -0.3 is 10.1 Å². The molecule has 0 spiro atoms. The Bertz CT molecular complexity index is 357. The zero-order valence-corrected chi connectivity index (χ0v) is 12.6. The number of nitrogens with one attached hydrogen (secondary N) is 1. The zero-order chi connectivity index (χ0) is 14.1. The van der Waals surface area contributed by atoms with Crippen LogP contribution in [0.3, 0.4) is 0 Å². The fourth-order valence-electron chi connectivity index (χ4n) is 2.19. The van der Waals surface area contributed by atoms with Crippen molar-refractivity contribution in [2.24, 2.45) is 0 Å². The third-order valence-corrected chi connectivity index (χ3v) is 3.22. The van der Waals surface area contributed by atoms with Crippen molar-refractivity contribution in [2.75, 3.05) is 33.4 Å². The number of methoxy groups -OCH3 is 1. The van der Waals surface area contributed by atoms with Gasteiger partial charge in [-0.25, -0.2) is 0 Å². The SMILES string of the molecule is CCNCC(COC)N(CC)Cc1cccc(C)n1. The Morgan fingerprint density at radius 3 is 2.74 bits per heavy atom. The molecule has 1 rings (SSSR count). The number of rotatable bonds is 9. The Hall–Kier alpha value is -0.970. The van der Waals surface area contributed by atoms with Crippen LogP contribution in [0, 0.1) is 6.92 Å². The average molecular weight is 265 g/mol. The van der Waals surface area contributed by atoms with Crippen molar-refractivity contribution in [3.63, 3.8) is 0 Å². The molecule has 0 aliphatic heterocycles. The van der Waals surface area contributed by atoms with Gasteiger partial charge in [-0.05, 0) is 32.1 Å². The number of ether oxygens (including phenoxy) is 1. The van der Waals surface area contributed by atoms with Gasteiger partial charge in [0.15, 0.2) is 0 Å². The van der Waals surface area contributed by atoms with E-state index in [9.17, 15) is 0 Å². The van der Waals surface area contributed by atoms with Gasteiger partial charge in [0, 0.05) is 31.9 Å². The third-order valence-electron chi connectivity index (χ3n) is 3.22. The zero-order valence-electron chi connectivity index (χ0n) is 12.6. The molecule has 19 heavy (non-hydrogen) atoms. The molecule has 1 unspecified atom stereocenters. The van der Waals surface area contributed by atoms with Crippen LogP contribution in [-0.2, 0) is 11.3 Å². The normalized spacial score (nSPS) is 12.9. The smallest absolute Gasteiger partial charge is 0.0630 e. The second kappa shape index (κ2) is 9.02. The molecule has 1 N–H and O–H groups in total. The Labute approximate surface area is 117 Å². The summed E-state index contributed by atoms with van der Waals surface area (Å²) in [6.45, 7) is 10.9. The van der Waals surface area contributed by atoms with Gasteiger partial charge in [0.2, 0.25) is 0 Å². The fourth-order valence-corrected chi connectivity index (χ4v) is 2.19. The number of nitrogens with zero attached hydrogens (tertiary/aromatic N) is 2. The third kappa shape index (κ3) is 5.68. The molecular formula is C15H27N3O. The van der Waals surface area contributed by atoms with Crippen molar-refractivity contribution in [3.8, 4) is 0 Å². The van der Waals surface area contributed by atoms with Gasteiger partial charge in [-0.3, -0.25) is 9.88 Å². The van der Waals surface area contributed by atoms with Gasteiger partial charge in [0.25, 0.3) is 0 Å². The van der Waals surface area contributed by atoms with E-state index in [1.54, 1.807) is 7.11 Å². The molecule has 1 aromatic rings. The van der Waals surface area contributed by atoms with E-state index in [1.807, 2.05) is 13.0 Å². The molecule has 1 atom stereocenters. The van der Waals surface area contributed by atoms with E-state index in [2.05, 4.69) is 41.2 Å². The number of likely N-dealkylation sites (N-methyl/N-ethyl adjacent to an activating group) is 2. The average Bonchev–Trinajstić information content (AvgIpc) is 2.41. The first-order valence-corrected chi connectivity index (χ1v) is 7.07. The maximum Gasteiger partial charge on any atom is 0.0630 e. The van der Waals surface area contributed by atoms with Gasteiger partial charge in [-0.15, -0.1) is 0 Å². The van der Waals surface area contributed by atoms with Gasteiger partial charge >= 0.3 is 0 Å². The number of hydrogen-bond donors (Lipinski definition) is 1. The maximum absolute atomic E-state index is 5.34. The van der Waals surface area contributed by atoms with Crippen LogP contribution in [0.2, 0.25) is 0 Å². The summed E-state index contributed by atoms with van der Waals surface area (Å²) in [6, 6.07) is 6.58. The van der Waals surface area contributed by atoms with Crippen LogP contribution < -0.4 is 5.32 Å². The molecule has 4 nitrogen and oxygen atoms in total. The molecule has 4 heteroatoms. The van der Waals surface area contributed by atoms with E-state index < -0.39 is 0 Å². The summed E-state index contributed by atoms with van der Waals surface area (Å²) in [6.07, 6.45) is 0. The van der Waals surface area contributed by atoms with Crippen LogP contribution in [0.25, 0.3) is 0 Å². The van der Waals surface area contributed by atoms with Gasteiger partial charge in [-0.2, -0.15) is 0 Å². The van der Waals surface area contributed by atoms with E-state index in [-0.39, 0.29) is 0 Å². The minimum atomic E-state index is 0.386. The van der Waals surface area contributed by atoms with E-state index in [4.69, 9.17) is 4.74 Å². The summed E-state index contributed by atoms with van der Waals surface area (Å²) >= 11 is 0.